The zero-order valence-electron chi connectivity index (χ0n) is 16.1. The maximum Gasteiger partial charge on any atom is 0.286 e. The molecule has 0 spiro atoms. The Morgan fingerprint density at radius 3 is 2.57 bits per heavy atom. The molecule has 0 aliphatic rings. The maximum absolute atomic E-state index is 12.9. The number of rotatable bonds is 10. The van der Waals surface area contributed by atoms with Crippen molar-refractivity contribution in [2.24, 2.45) is 0 Å². The first-order valence-electron chi connectivity index (χ1n) is 9.38. The quantitative estimate of drug-likeness (QED) is 0.484. The molecule has 3 rings (SSSR count). The molecule has 7 nitrogen and oxygen atoms in total. The van der Waals surface area contributed by atoms with Gasteiger partial charge in [0.15, 0.2) is 0 Å². The Morgan fingerprint density at radius 2 is 1.80 bits per heavy atom. The molecule has 0 fully saturated rings. The van der Waals surface area contributed by atoms with E-state index in [9.17, 15) is 14.0 Å². The number of ether oxygens (including phenoxy) is 1. The molecule has 3 aromatic rings. The molecule has 0 saturated carbocycles. The first-order valence-corrected chi connectivity index (χ1v) is 10.2. The lowest BCUT2D eigenvalue weighted by Crippen LogP contribution is -2.28. The SMILES string of the molecule is O=C(COCc1nnc(C(=O)Nc2ccc(F)cc2)s1)NCCCc1ccccc1. The summed E-state index contributed by atoms with van der Waals surface area (Å²) in [6, 6.07) is 15.5. The van der Waals surface area contributed by atoms with Crippen molar-refractivity contribution in [3.8, 4) is 0 Å². The minimum Gasteiger partial charge on any atom is -0.364 e. The Balaban J connectivity index is 1.33. The topological polar surface area (TPSA) is 93.2 Å². The van der Waals surface area contributed by atoms with Crippen LogP contribution in [0.15, 0.2) is 54.6 Å². The monoisotopic (exact) mass is 428 g/mol. The van der Waals surface area contributed by atoms with Gasteiger partial charge in [0.1, 0.15) is 24.0 Å². The smallest absolute Gasteiger partial charge is 0.286 e. The molecule has 0 unspecified atom stereocenters. The van der Waals surface area contributed by atoms with E-state index in [4.69, 9.17) is 4.74 Å². The van der Waals surface area contributed by atoms with Gasteiger partial charge >= 0.3 is 0 Å². The summed E-state index contributed by atoms with van der Waals surface area (Å²) in [5.74, 6) is -1.04. The zero-order valence-corrected chi connectivity index (χ0v) is 17.0. The van der Waals surface area contributed by atoms with Gasteiger partial charge in [-0.05, 0) is 42.7 Å². The van der Waals surface area contributed by atoms with Crippen molar-refractivity contribution in [3.05, 3.63) is 76.0 Å². The molecule has 0 atom stereocenters. The Hall–Kier alpha value is -3.17. The normalized spacial score (nSPS) is 10.6. The van der Waals surface area contributed by atoms with Gasteiger partial charge in [0, 0.05) is 12.2 Å². The molecular weight excluding hydrogens is 407 g/mol. The van der Waals surface area contributed by atoms with Crippen molar-refractivity contribution in [2.45, 2.75) is 19.4 Å². The van der Waals surface area contributed by atoms with E-state index in [1.807, 2.05) is 18.2 Å². The third-order valence-corrected chi connectivity index (χ3v) is 4.92. The summed E-state index contributed by atoms with van der Waals surface area (Å²) in [5.41, 5.74) is 1.69. The number of hydrogen-bond donors (Lipinski definition) is 2. The van der Waals surface area contributed by atoms with Gasteiger partial charge < -0.3 is 15.4 Å². The summed E-state index contributed by atoms with van der Waals surface area (Å²) in [6.07, 6.45) is 1.74. The second kappa shape index (κ2) is 11.1. The van der Waals surface area contributed by atoms with Crippen LogP contribution in [-0.4, -0.2) is 35.2 Å². The number of nitrogens with one attached hydrogen (secondary N) is 2. The molecule has 1 heterocycles. The average molecular weight is 428 g/mol. The molecule has 0 aliphatic carbocycles. The van der Waals surface area contributed by atoms with Crippen molar-refractivity contribution in [1.82, 2.24) is 15.5 Å². The lowest BCUT2D eigenvalue weighted by molar-refractivity contribution is -0.126. The van der Waals surface area contributed by atoms with Crippen molar-refractivity contribution in [1.29, 1.82) is 0 Å². The van der Waals surface area contributed by atoms with Crippen molar-refractivity contribution >= 4 is 28.8 Å². The third-order valence-electron chi connectivity index (χ3n) is 4.03. The van der Waals surface area contributed by atoms with Gasteiger partial charge in [-0.3, -0.25) is 9.59 Å². The van der Waals surface area contributed by atoms with Crippen LogP contribution in [0.1, 0.15) is 26.8 Å². The minimum absolute atomic E-state index is 0.0823. The van der Waals surface area contributed by atoms with E-state index >= 15 is 0 Å². The first-order chi connectivity index (χ1) is 14.6. The van der Waals surface area contributed by atoms with Crippen LogP contribution < -0.4 is 10.6 Å². The van der Waals surface area contributed by atoms with Gasteiger partial charge in [0.2, 0.25) is 10.9 Å². The van der Waals surface area contributed by atoms with Crippen LogP contribution in [0.2, 0.25) is 0 Å². The van der Waals surface area contributed by atoms with Crippen LogP contribution in [0.4, 0.5) is 10.1 Å². The Labute approximate surface area is 177 Å². The number of amides is 2. The highest BCUT2D eigenvalue weighted by Crippen LogP contribution is 2.14. The van der Waals surface area contributed by atoms with E-state index in [0.717, 1.165) is 24.2 Å². The number of halogens is 1. The van der Waals surface area contributed by atoms with E-state index in [0.29, 0.717) is 17.2 Å². The lowest BCUT2D eigenvalue weighted by atomic mass is 10.1. The Kier molecular flexibility index (Phi) is 7.99. The summed E-state index contributed by atoms with van der Waals surface area (Å²) in [5, 5.41) is 13.8. The largest absolute Gasteiger partial charge is 0.364 e. The van der Waals surface area contributed by atoms with Crippen molar-refractivity contribution in [2.75, 3.05) is 18.5 Å². The van der Waals surface area contributed by atoms with Crippen LogP contribution in [0.25, 0.3) is 0 Å². The van der Waals surface area contributed by atoms with Gasteiger partial charge in [-0.2, -0.15) is 0 Å². The minimum atomic E-state index is -0.443. The number of benzene rings is 2. The molecule has 30 heavy (non-hydrogen) atoms. The van der Waals surface area contributed by atoms with Crippen LogP contribution in [0.3, 0.4) is 0 Å². The fourth-order valence-corrected chi connectivity index (χ4v) is 3.24. The molecule has 0 radical (unpaired) electrons. The van der Waals surface area contributed by atoms with Gasteiger partial charge in [0.25, 0.3) is 5.91 Å². The van der Waals surface area contributed by atoms with Gasteiger partial charge in [-0.1, -0.05) is 41.7 Å². The van der Waals surface area contributed by atoms with Crippen LogP contribution in [0, 0.1) is 5.82 Å². The highest BCUT2D eigenvalue weighted by atomic mass is 32.1. The summed E-state index contributed by atoms with van der Waals surface area (Å²) < 4.78 is 18.3. The number of aromatic nitrogens is 2. The highest BCUT2D eigenvalue weighted by molar-refractivity contribution is 7.13. The molecule has 2 amide bonds. The number of hydrogen-bond acceptors (Lipinski definition) is 6. The van der Waals surface area contributed by atoms with E-state index in [1.165, 1.54) is 29.8 Å². The van der Waals surface area contributed by atoms with Gasteiger partial charge in [-0.15, -0.1) is 10.2 Å². The second-order valence-electron chi connectivity index (χ2n) is 6.39. The second-order valence-corrected chi connectivity index (χ2v) is 7.46. The van der Waals surface area contributed by atoms with Gasteiger partial charge in [-0.25, -0.2) is 4.39 Å². The molecule has 9 heteroatoms. The van der Waals surface area contributed by atoms with Crippen LogP contribution >= 0.6 is 11.3 Å². The molecule has 0 saturated heterocycles. The van der Waals surface area contributed by atoms with Crippen LogP contribution in [0.5, 0.6) is 0 Å². The van der Waals surface area contributed by atoms with Crippen LogP contribution in [-0.2, 0) is 22.6 Å². The van der Waals surface area contributed by atoms with Gasteiger partial charge in [0.05, 0.1) is 0 Å². The zero-order chi connectivity index (χ0) is 21.2. The van der Waals surface area contributed by atoms with E-state index in [2.05, 4.69) is 33.0 Å². The van der Waals surface area contributed by atoms with E-state index in [1.54, 1.807) is 0 Å². The lowest BCUT2D eigenvalue weighted by Gasteiger charge is -2.05. The molecule has 2 N–H and O–H groups in total. The fourth-order valence-electron chi connectivity index (χ4n) is 2.57. The summed E-state index contributed by atoms with van der Waals surface area (Å²) >= 11 is 1.07. The van der Waals surface area contributed by atoms with E-state index in [-0.39, 0.29) is 29.9 Å². The predicted molar refractivity (Wildman–Crippen MR) is 112 cm³/mol. The number of anilines is 1. The number of carbonyl (C=O) groups is 2. The van der Waals surface area contributed by atoms with Crippen molar-refractivity contribution in [3.63, 3.8) is 0 Å². The maximum atomic E-state index is 12.9. The molecule has 1 aromatic heterocycles. The number of aryl methyl sites for hydroxylation is 1. The molecule has 0 aliphatic heterocycles. The Bertz CT molecular complexity index is 964. The van der Waals surface area contributed by atoms with E-state index < -0.39 is 5.91 Å². The third kappa shape index (κ3) is 7.02. The fraction of sp³-hybridized carbons (Fsp3) is 0.238. The number of carbonyl (C=O) groups excluding carboxylic acids is 2. The highest BCUT2D eigenvalue weighted by Gasteiger charge is 2.13. The summed E-state index contributed by atoms with van der Waals surface area (Å²) in [4.78, 5) is 24.0. The number of nitrogens with zero attached hydrogens (tertiary/aromatic N) is 2. The first kappa shape index (κ1) is 21.5. The predicted octanol–water partition coefficient (Wildman–Crippen LogP) is 3.20. The summed E-state index contributed by atoms with van der Waals surface area (Å²) in [6.45, 7) is 0.560. The standard InChI is InChI=1S/C21H21FN4O3S/c22-16-8-10-17(11-9-16)24-20(28)21-26-25-19(30-21)14-29-13-18(27)23-12-4-7-15-5-2-1-3-6-15/h1-3,5-6,8-11H,4,7,12-14H2,(H,23,27)(H,24,28). The van der Waals surface area contributed by atoms with Crippen molar-refractivity contribution < 1.29 is 18.7 Å². The molecule has 0 bridgehead atoms. The average Bonchev–Trinajstić information content (AvgIpc) is 3.23. The Morgan fingerprint density at radius 1 is 1.03 bits per heavy atom. The molecule has 156 valence electrons. The molecule has 2 aromatic carbocycles. The summed E-state index contributed by atoms with van der Waals surface area (Å²) in [7, 11) is 0. The molecular formula is C21H21FN4O3S.